The van der Waals surface area contributed by atoms with Gasteiger partial charge in [-0.3, -0.25) is 14.6 Å². The molecule has 0 saturated carbocycles. The second-order valence-electron chi connectivity index (χ2n) is 6.01. The Morgan fingerprint density at radius 3 is 2.60 bits per heavy atom. The van der Waals surface area contributed by atoms with Crippen molar-refractivity contribution in [1.29, 1.82) is 0 Å². The minimum Gasteiger partial charge on any atom is -0.339 e. The number of carbonyl (C=O) groups is 2. The van der Waals surface area contributed by atoms with Gasteiger partial charge >= 0.3 is 0 Å². The quantitative estimate of drug-likeness (QED) is 0.872. The Bertz CT molecular complexity index is 766. The Morgan fingerprint density at radius 2 is 1.84 bits per heavy atom. The molecule has 2 amide bonds. The highest BCUT2D eigenvalue weighted by molar-refractivity contribution is 6.07. The van der Waals surface area contributed by atoms with Gasteiger partial charge in [0.1, 0.15) is 0 Å². The van der Waals surface area contributed by atoms with Gasteiger partial charge in [0, 0.05) is 31.6 Å². The lowest BCUT2D eigenvalue weighted by Crippen LogP contribution is -2.36. The molecule has 1 aliphatic heterocycles. The summed E-state index contributed by atoms with van der Waals surface area (Å²) in [6, 6.07) is 10.8. The van der Waals surface area contributed by atoms with Gasteiger partial charge in [-0.15, -0.1) is 0 Å². The first-order valence-corrected chi connectivity index (χ1v) is 8.51. The number of para-hydroxylation sites is 1. The summed E-state index contributed by atoms with van der Waals surface area (Å²) in [5.74, 6) is -0.297. The minimum absolute atomic E-state index is 0.0214. The van der Waals surface area contributed by atoms with Crippen LogP contribution in [0, 0.1) is 0 Å². The lowest BCUT2D eigenvalue weighted by atomic mass is 10.1. The number of nitrogens with zero attached hydrogens (tertiary/aromatic N) is 2. The van der Waals surface area contributed by atoms with Crippen molar-refractivity contribution in [3.05, 3.63) is 66.0 Å². The van der Waals surface area contributed by atoms with E-state index in [1.165, 1.54) is 12.5 Å². The number of hydrogen-bond donors (Lipinski definition) is 1. The largest absolute Gasteiger partial charge is 0.339 e. The third-order valence-corrected chi connectivity index (χ3v) is 4.17. The van der Waals surface area contributed by atoms with E-state index >= 15 is 0 Å². The maximum absolute atomic E-state index is 12.7. The number of benzene rings is 1. The van der Waals surface area contributed by atoms with Crippen LogP contribution in [0.15, 0.2) is 54.9 Å². The van der Waals surface area contributed by atoms with E-state index in [1.807, 2.05) is 29.2 Å². The molecule has 1 fully saturated rings. The van der Waals surface area contributed by atoms with Gasteiger partial charge < -0.3 is 10.2 Å². The number of hydrogen-bond acceptors (Lipinski definition) is 3. The normalized spacial score (nSPS) is 14.5. The van der Waals surface area contributed by atoms with Crippen molar-refractivity contribution < 1.29 is 9.59 Å². The summed E-state index contributed by atoms with van der Waals surface area (Å²) in [5, 5.41) is 2.81. The van der Waals surface area contributed by atoms with Crippen molar-refractivity contribution in [2.45, 2.75) is 19.3 Å². The number of amides is 2. The predicted octanol–water partition coefficient (Wildman–Crippen LogP) is 3.36. The molecule has 0 aliphatic carbocycles. The molecule has 1 N–H and O–H groups in total. The number of anilines is 1. The van der Waals surface area contributed by atoms with E-state index in [0.717, 1.165) is 31.5 Å². The number of rotatable bonds is 4. The van der Waals surface area contributed by atoms with Gasteiger partial charge in [-0.2, -0.15) is 0 Å². The van der Waals surface area contributed by atoms with Crippen molar-refractivity contribution in [2.75, 3.05) is 18.4 Å². The van der Waals surface area contributed by atoms with E-state index in [-0.39, 0.29) is 11.8 Å². The molecule has 3 rings (SSSR count). The van der Waals surface area contributed by atoms with Crippen molar-refractivity contribution in [2.24, 2.45) is 0 Å². The van der Waals surface area contributed by atoms with Crippen LogP contribution < -0.4 is 5.32 Å². The first kappa shape index (κ1) is 16.9. The molecule has 128 valence electrons. The van der Waals surface area contributed by atoms with Gasteiger partial charge in [0.05, 0.1) is 11.3 Å². The molecule has 25 heavy (non-hydrogen) atoms. The van der Waals surface area contributed by atoms with Crippen molar-refractivity contribution >= 4 is 23.6 Å². The molecule has 1 aromatic carbocycles. The zero-order valence-corrected chi connectivity index (χ0v) is 14.0. The van der Waals surface area contributed by atoms with E-state index in [1.54, 1.807) is 30.6 Å². The summed E-state index contributed by atoms with van der Waals surface area (Å²) in [5.41, 5.74) is 1.92. The number of aromatic nitrogens is 1. The standard InChI is InChI=1S/C20H21N3O2/c24-19(11-10-16-7-6-12-21-15-16)22-18-9-3-2-8-17(18)20(25)23-13-4-1-5-14-23/h2-3,6-12,15H,1,4-5,13-14H2,(H,22,24)/b11-10+. The number of nitrogens with one attached hydrogen (secondary N) is 1. The Kier molecular flexibility index (Phi) is 5.57. The zero-order valence-electron chi connectivity index (χ0n) is 14.0. The monoisotopic (exact) mass is 335 g/mol. The molecule has 0 atom stereocenters. The molecular weight excluding hydrogens is 314 g/mol. The van der Waals surface area contributed by atoms with Gasteiger partial charge in [0.2, 0.25) is 5.91 Å². The maximum Gasteiger partial charge on any atom is 0.255 e. The van der Waals surface area contributed by atoms with Crippen LogP contribution in [-0.2, 0) is 4.79 Å². The zero-order chi connectivity index (χ0) is 17.5. The summed E-state index contributed by atoms with van der Waals surface area (Å²) in [4.78, 5) is 30.8. The summed E-state index contributed by atoms with van der Waals surface area (Å²) < 4.78 is 0. The fraction of sp³-hybridized carbons (Fsp3) is 0.250. The summed E-state index contributed by atoms with van der Waals surface area (Å²) in [6.07, 6.45) is 9.73. The number of likely N-dealkylation sites (tertiary alicyclic amines) is 1. The van der Waals surface area contributed by atoms with Crippen LogP contribution in [0.3, 0.4) is 0 Å². The summed E-state index contributed by atoms with van der Waals surface area (Å²) in [7, 11) is 0. The first-order valence-electron chi connectivity index (χ1n) is 8.51. The van der Waals surface area contributed by atoms with Crippen LogP contribution in [0.4, 0.5) is 5.69 Å². The van der Waals surface area contributed by atoms with Gasteiger partial charge in [0.25, 0.3) is 5.91 Å². The third kappa shape index (κ3) is 4.53. The summed E-state index contributed by atoms with van der Waals surface area (Å²) in [6.45, 7) is 1.56. The Labute approximate surface area is 147 Å². The summed E-state index contributed by atoms with van der Waals surface area (Å²) >= 11 is 0. The molecule has 0 unspecified atom stereocenters. The second-order valence-corrected chi connectivity index (χ2v) is 6.01. The molecule has 1 saturated heterocycles. The Hall–Kier alpha value is -2.95. The van der Waals surface area contributed by atoms with Crippen LogP contribution in [0.5, 0.6) is 0 Å². The molecule has 0 radical (unpaired) electrons. The molecule has 0 bridgehead atoms. The number of piperidine rings is 1. The molecular formula is C20H21N3O2. The van der Waals surface area contributed by atoms with Crippen molar-refractivity contribution in [1.82, 2.24) is 9.88 Å². The van der Waals surface area contributed by atoms with Gasteiger partial charge in [-0.05, 0) is 49.1 Å². The van der Waals surface area contributed by atoms with Crippen LogP contribution in [0.2, 0.25) is 0 Å². The van der Waals surface area contributed by atoms with Crippen LogP contribution >= 0.6 is 0 Å². The van der Waals surface area contributed by atoms with E-state index < -0.39 is 0 Å². The van der Waals surface area contributed by atoms with Crippen LogP contribution in [0.25, 0.3) is 6.08 Å². The number of pyridine rings is 1. The SMILES string of the molecule is O=C(/C=C/c1cccnc1)Nc1ccccc1C(=O)N1CCCCC1. The molecule has 2 heterocycles. The molecule has 5 nitrogen and oxygen atoms in total. The second kappa shape index (κ2) is 8.24. The average Bonchev–Trinajstić information content (AvgIpc) is 2.68. The molecule has 5 heteroatoms. The van der Waals surface area contributed by atoms with E-state index in [2.05, 4.69) is 10.3 Å². The van der Waals surface area contributed by atoms with Gasteiger partial charge in [-0.1, -0.05) is 18.2 Å². The van der Waals surface area contributed by atoms with E-state index in [9.17, 15) is 9.59 Å². The molecule has 0 spiro atoms. The fourth-order valence-corrected chi connectivity index (χ4v) is 2.87. The van der Waals surface area contributed by atoms with Gasteiger partial charge in [0.15, 0.2) is 0 Å². The van der Waals surface area contributed by atoms with Gasteiger partial charge in [-0.25, -0.2) is 0 Å². The molecule has 1 aromatic heterocycles. The highest BCUT2D eigenvalue weighted by Gasteiger charge is 2.20. The van der Waals surface area contributed by atoms with Crippen LogP contribution in [0.1, 0.15) is 35.2 Å². The first-order chi connectivity index (χ1) is 12.2. The van der Waals surface area contributed by atoms with E-state index in [0.29, 0.717) is 11.3 Å². The van der Waals surface area contributed by atoms with Crippen molar-refractivity contribution in [3.8, 4) is 0 Å². The highest BCUT2D eigenvalue weighted by atomic mass is 16.2. The van der Waals surface area contributed by atoms with Crippen molar-refractivity contribution in [3.63, 3.8) is 0 Å². The molecule has 2 aromatic rings. The Balaban J connectivity index is 1.71. The van der Waals surface area contributed by atoms with Crippen LogP contribution in [-0.4, -0.2) is 34.8 Å². The smallest absolute Gasteiger partial charge is 0.255 e. The number of carbonyl (C=O) groups excluding carboxylic acids is 2. The molecule has 1 aliphatic rings. The fourth-order valence-electron chi connectivity index (χ4n) is 2.87. The minimum atomic E-state index is -0.275. The van der Waals surface area contributed by atoms with E-state index in [4.69, 9.17) is 0 Å². The lowest BCUT2D eigenvalue weighted by molar-refractivity contribution is -0.111. The Morgan fingerprint density at radius 1 is 1.04 bits per heavy atom. The maximum atomic E-state index is 12.7. The predicted molar refractivity (Wildman–Crippen MR) is 98.1 cm³/mol. The highest BCUT2D eigenvalue weighted by Crippen LogP contribution is 2.20. The topological polar surface area (TPSA) is 62.3 Å². The average molecular weight is 335 g/mol. The third-order valence-electron chi connectivity index (χ3n) is 4.17. The lowest BCUT2D eigenvalue weighted by Gasteiger charge is -2.27.